The lowest BCUT2D eigenvalue weighted by molar-refractivity contribution is -0.114. The first-order valence-corrected chi connectivity index (χ1v) is 5.30. The smallest absolute Gasteiger partial charge is 0.394 e. The van der Waals surface area contributed by atoms with Crippen LogP contribution in [0.4, 0.5) is 0 Å². The van der Waals surface area contributed by atoms with Crippen LogP contribution in [0, 0.1) is 0 Å². The minimum absolute atomic E-state index is 0.249. The molecule has 0 unspecified atom stereocenters. The molecule has 7 nitrogen and oxygen atoms in total. The Labute approximate surface area is 90.0 Å². The number of benzene rings is 1. The van der Waals surface area contributed by atoms with E-state index in [1.165, 1.54) is 0 Å². The van der Waals surface area contributed by atoms with Crippen LogP contribution in [0.5, 0.6) is 0 Å². The van der Waals surface area contributed by atoms with E-state index >= 15 is 0 Å². The maximum absolute atomic E-state index is 10.8. The topological polar surface area (TPSA) is 124 Å². The lowest BCUT2D eigenvalue weighted by Gasteiger charge is -1.82. The van der Waals surface area contributed by atoms with Gasteiger partial charge in [-0.25, -0.2) is 4.99 Å². The number of aliphatic hydroxyl groups excluding tert-OH is 1. The van der Waals surface area contributed by atoms with Gasteiger partial charge in [-0.3, -0.25) is 13.9 Å². The monoisotopic (exact) mass is 245 g/mol. The van der Waals surface area contributed by atoms with Gasteiger partial charge in [0.2, 0.25) is 0 Å². The Bertz CT molecular complexity index is 625. The number of carbonyl (C=O) groups excluding carboxylic acids is 1. The van der Waals surface area contributed by atoms with E-state index in [1.54, 1.807) is 24.3 Å². The summed E-state index contributed by atoms with van der Waals surface area (Å²) in [6, 6.07) is 6.88. The van der Waals surface area contributed by atoms with Gasteiger partial charge in [-0.05, 0) is 12.1 Å². The van der Waals surface area contributed by atoms with Gasteiger partial charge < -0.3 is 5.11 Å². The van der Waals surface area contributed by atoms with Gasteiger partial charge in [-0.2, -0.15) is 8.42 Å². The van der Waals surface area contributed by atoms with E-state index in [0.29, 0.717) is 10.6 Å². The van der Waals surface area contributed by atoms with Crippen LogP contribution in [0.15, 0.2) is 29.3 Å². The molecule has 0 radical (unpaired) electrons. The molecule has 0 saturated carbocycles. The molecular formula is C8H7NO6S. The molecule has 1 amide bonds. The number of carbonyl (C=O) groups is 1. The predicted molar refractivity (Wildman–Crippen MR) is 52.4 cm³/mol. The van der Waals surface area contributed by atoms with Crippen molar-refractivity contribution in [3.8, 4) is 0 Å². The molecule has 0 atom stereocenters. The average molecular weight is 245 g/mol. The largest absolute Gasteiger partial charge is 0.503 e. The molecule has 1 aromatic carbocycles. The molecule has 3 N–H and O–H groups in total. The minimum Gasteiger partial charge on any atom is -0.503 e. The highest BCUT2D eigenvalue weighted by Gasteiger charge is 2.12. The third-order valence-corrected chi connectivity index (χ3v) is 1.58. The number of aliphatic hydroxyl groups is 1. The van der Waals surface area contributed by atoms with Crippen molar-refractivity contribution < 1.29 is 27.4 Å². The summed E-state index contributed by atoms with van der Waals surface area (Å²) in [7, 11) is -4.67. The molecule has 0 spiro atoms. The third-order valence-electron chi connectivity index (χ3n) is 1.58. The van der Waals surface area contributed by atoms with E-state index in [-0.39, 0.29) is 5.76 Å². The molecule has 2 rings (SSSR count). The van der Waals surface area contributed by atoms with Crippen LogP contribution in [0.1, 0.15) is 0 Å². The molecule has 0 aromatic heterocycles. The van der Waals surface area contributed by atoms with Crippen molar-refractivity contribution in [3.63, 3.8) is 0 Å². The summed E-state index contributed by atoms with van der Waals surface area (Å²) >= 11 is 0. The van der Waals surface area contributed by atoms with Gasteiger partial charge in [0.1, 0.15) is 0 Å². The maximum Gasteiger partial charge on any atom is 0.394 e. The number of rotatable bonds is 0. The normalized spacial score (nSPS) is 13.6. The van der Waals surface area contributed by atoms with Gasteiger partial charge in [0.05, 0.1) is 5.36 Å². The van der Waals surface area contributed by atoms with E-state index < -0.39 is 16.3 Å². The van der Waals surface area contributed by atoms with Crippen molar-refractivity contribution in [1.82, 2.24) is 0 Å². The Morgan fingerprint density at radius 3 is 2.12 bits per heavy atom. The first-order chi connectivity index (χ1) is 7.29. The molecule has 8 heteroatoms. The Hall–Kier alpha value is -1.77. The first-order valence-electron chi connectivity index (χ1n) is 3.90. The van der Waals surface area contributed by atoms with E-state index in [0.717, 1.165) is 0 Å². The van der Waals surface area contributed by atoms with Crippen LogP contribution in [-0.2, 0) is 15.2 Å². The highest BCUT2D eigenvalue weighted by molar-refractivity contribution is 7.79. The zero-order valence-electron chi connectivity index (χ0n) is 7.73. The fourth-order valence-electron chi connectivity index (χ4n) is 1.05. The quantitative estimate of drug-likeness (QED) is 0.496. The van der Waals surface area contributed by atoms with E-state index in [9.17, 15) is 4.79 Å². The van der Waals surface area contributed by atoms with Crippen LogP contribution in [0.2, 0.25) is 0 Å². The van der Waals surface area contributed by atoms with E-state index in [2.05, 4.69) is 4.99 Å². The fourth-order valence-corrected chi connectivity index (χ4v) is 1.05. The standard InChI is InChI=1S/C8H5NO2.H2O4S/c10-7-5-3-1-2-4-6(5)9-8(7)11;1-5(2,3)4/h1-4H,(H,9,10,11);(H2,1,2,3,4). The molecule has 0 fully saturated rings. The summed E-state index contributed by atoms with van der Waals surface area (Å²) in [5.41, 5.74) is 0. The Balaban J connectivity index is 0.000000221. The zero-order chi connectivity index (χ0) is 12.3. The summed E-state index contributed by atoms with van der Waals surface area (Å²) in [5, 5.41) is 10.2. The lowest BCUT2D eigenvalue weighted by Crippen LogP contribution is -2.21. The van der Waals surface area contributed by atoms with Crippen molar-refractivity contribution >= 4 is 22.1 Å². The maximum atomic E-state index is 10.8. The molecule has 1 heterocycles. The van der Waals surface area contributed by atoms with Crippen LogP contribution >= 0.6 is 0 Å². The van der Waals surface area contributed by atoms with Gasteiger partial charge >= 0.3 is 16.3 Å². The lowest BCUT2D eigenvalue weighted by atomic mass is 10.3. The van der Waals surface area contributed by atoms with Crippen molar-refractivity contribution in [2.45, 2.75) is 0 Å². The van der Waals surface area contributed by atoms with Crippen LogP contribution < -0.4 is 10.6 Å². The van der Waals surface area contributed by atoms with Gasteiger partial charge in [-0.1, -0.05) is 12.1 Å². The van der Waals surface area contributed by atoms with Gasteiger partial charge in [0.15, 0.2) is 5.76 Å². The number of hydrogen-bond acceptors (Lipinski definition) is 4. The Kier molecular flexibility index (Phi) is 3.38. The summed E-state index contributed by atoms with van der Waals surface area (Å²) in [5.74, 6) is -0.799. The molecule has 16 heavy (non-hydrogen) atoms. The van der Waals surface area contributed by atoms with Crippen molar-refractivity contribution in [1.29, 1.82) is 0 Å². The third kappa shape index (κ3) is 3.42. The van der Waals surface area contributed by atoms with E-state index in [1.807, 2.05) is 0 Å². The van der Waals surface area contributed by atoms with Crippen LogP contribution in [0.3, 0.4) is 0 Å². The number of fused-ring (bicyclic) bond motifs is 1. The minimum atomic E-state index is -4.67. The van der Waals surface area contributed by atoms with Gasteiger partial charge in [-0.15, -0.1) is 0 Å². The second kappa shape index (κ2) is 4.39. The molecular weight excluding hydrogens is 238 g/mol. The predicted octanol–water partition coefficient (Wildman–Crippen LogP) is -1.14. The molecule has 0 aliphatic carbocycles. The van der Waals surface area contributed by atoms with Crippen molar-refractivity contribution in [2.75, 3.05) is 0 Å². The van der Waals surface area contributed by atoms with Gasteiger partial charge in [0.25, 0.3) is 0 Å². The molecule has 1 aliphatic rings. The summed E-state index contributed by atoms with van der Waals surface area (Å²) in [4.78, 5) is 14.4. The molecule has 1 aromatic rings. The molecule has 86 valence electrons. The first kappa shape index (κ1) is 12.3. The highest BCUT2D eigenvalue weighted by atomic mass is 32.3. The molecule has 0 saturated heterocycles. The van der Waals surface area contributed by atoms with Crippen molar-refractivity contribution in [2.24, 2.45) is 4.99 Å². The number of nitrogens with zero attached hydrogens (tertiary/aromatic N) is 1. The molecule has 0 bridgehead atoms. The SMILES string of the molecule is O=C1N=c2ccccc2=C1O.O=S(=O)(O)O. The fraction of sp³-hybridized carbons (Fsp3) is 0. The Morgan fingerprint density at radius 1 is 1.12 bits per heavy atom. The van der Waals surface area contributed by atoms with Crippen molar-refractivity contribution in [3.05, 3.63) is 34.8 Å². The second-order valence-electron chi connectivity index (χ2n) is 2.73. The number of amides is 1. The summed E-state index contributed by atoms with van der Waals surface area (Å²) in [6.07, 6.45) is 0. The highest BCUT2D eigenvalue weighted by Crippen LogP contribution is 1.92. The average Bonchev–Trinajstić information content (AvgIpc) is 2.41. The summed E-state index contributed by atoms with van der Waals surface area (Å²) < 4.78 is 31.6. The second-order valence-corrected chi connectivity index (χ2v) is 3.63. The number of hydrogen-bond donors (Lipinski definition) is 3. The molecule has 1 aliphatic heterocycles. The van der Waals surface area contributed by atoms with E-state index in [4.69, 9.17) is 22.6 Å². The number of para-hydroxylation sites is 1. The Morgan fingerprint density at radius 2 is 1.62 bits per heavy atom. The zero-order valence-corrected chi connectivity index (χ0v) is 8.55. The van der Waals surface area contributed by atoms with Crippen LogP contribution in [-0.4, -0.2) is 28.5 Å². The summed E-state index contributed by atoms with van der Waals surface area (Å²) in [6.45, 7) is 0. The van der Waals surface area contributed by atoms with Gasteiger partial charge in [0, 0.05) is 5.22 Å². The van der Waals surface area contributed by atoms with Crippen LogP contribution in [0.25, 0.3) is 5.76 Å².